The molecule has 44 heavy (non-hydrogen) atoms. The van der Waals surface area contributed by atoms with Gasteiger partial charge in [0.1, 0.15) is 0 Å². The molecule has 0 spiro atoms. The summed E-state index contributed by atoms with van der Waals surface area (Å²) in [4.78, 5) is 1.29. The van der Waals surface area contributed by atoms with E-state index in [1.807, 2.05) is 0 Å². The molecule has 2 aliphatic rings. The Hall–Kier alpha value is -2.18. The highest BCUT2D eigenvalue weighted by Gasteiger charge is 2.51. The monoisotopic (exact) mass is 625 g/mol. The molecular formula is C39H51N3S2. The molecule has 1 heterocycles. The van der Waals surface area contributed by atoms with E-state index in [0.717, 1.165) is 37.3 Å². The van der Waals surface area contributed by atoms with Crippen LogP contribution in [-0.2, 0) is 6.42 Å². The van der Waals surface area contributed by atoms with E-state index in [1.165, 1.54) is 89.6 Å². The molecule has 3 aromatic carbocycles. The van der Waals surface area contributed by atoms with Crippen LogP contribution in [0.25, 0.3) is 21.2 Å². The van der Waals surface area contributed by atoms with E-state index in [1.54, 1.807) is 23.5 Å². The van der Waals surface area contributed by atoms with E-state index in [9.17, 15) is 0 Å². The second-order valence-corrected chi connectivity index (χ2v) is 15.7. The molecule has 0 aliphatic heterocycles. The summed E-state index contributed by atoms with van der Waals surface area (Å²) in [6.07, 6.45) is 13.2. The van der Waals surface area contributed by atoms with Gasteiger partial charge in [0, 0.05) is 22.4 Å². The average molecular weight is 626 g/mol. The second-order valence-electron chi connectivity index (χ2n) is 14.0. The highest BCUT2D eigenvalue weighted by atomic mass is 32.2. The van der Waals surface area contributed by atoms with Crippen LogP contribution in [0.2, 0.25) is 0 Å². The summed E-state index contributed by atoms with van der Waals surface area (Å²) in [6.45, 7) is 9.51. The summed E-state index contributed by atoms with van der Waals surface area (Å²) in [5.74, 6) is 2.47. The minimum Gasteiger partial charge on any atom is -0.311 e. The number of benzene rings is 3. The van der Waals surface area contributed by atoms with Gasteiger partial charge in [-0.1, -0.05) is 101 Å². The highest BCUT2D eigenvalue weighted by Crippen LogP contribution is 2.51. The first kappa shape index (κ1) is 31.8. The third kappa shape index (κ3) is 7.12. The zero-order valence-electron chi connectivity index (χ0n) is 27.0. The summed E-state index contributed by atoms with van der Waals surface area (Å²) in [6, 6.07) is 28.4. The maximum absolute atomic E-state index is 4.80. The lowest BCUT2D eigenvalue weighted by Crippen LogP contribution is -2.58. The Labute approximate surface area is 274 Å². The molecule has 234 valence electrons. The van der Waals surface area contributed by atoms with Crippen molar-refractivity contribution in [3.8, 4) is 11.1 Å². The summed E-state index contributed by atoms with van der Waals surface area (Å²) in [5.41, 5.74) is 4.34. The van der Waals surface area contributed by atoms with Crippen molar-refractivity contribution in [2.45, 2.75) is 95.4 Å². The van der Waals surface area contributed by atoms with Crippen molar-refractivity contribution < 1.29 is 0 Å². The molecule has 3 nitrogen and oxygen atoms in total. The van der Waals surface area contributed by atoms with Gasteiger partial charge >= 0.3 is 0 Å². The summed E-state index contributed by atoms with van der Waals surface area (Å²) < 4.78 is 9.98. The minimum atomic E-state index is 0.211. The third-order valence-corrected chi connectivity index (χ3v) is 12.8. The van der Waals surface area contributed by atoms with Gasteiger partial charge in [0.05, 0.1) is 10.4 Å². The standard InChI is InChI=1S/C39H51N3S2/c1-4-40-39(25-11-24-38(39,3)28-41-43-34-15-10-14-33(26-34)32-12-6-5-7-13-32)27-29(2)31-21-18-30(19-22-31)20-23-36-35-16-8-9-17-37(35)44-42-36/h5-10,12-17,26,29-31,40-41H,4,11,18-25,27-28H2,1-3H3. The third-order valence-electron chi connectivity index (χ3n) is 11.2. The predicted octanol–water partition coefficient (Wildman–Crippen LogP) is 10.6. The Morgan fingerprint density at radius 3 is 2.52 bits per heavy atom. The van der Waals surface area contributed by atoms with Gasteiger partial charge in [-0.3, -0.25) is 4.72 Å². The van der Waals surface area contributed by atoms with Gasteiger partial charge < -0.3 is 5.32 Å². The van der Waals surface area contributed by atoms with Crippen LogP contribution in [0.15, 0.2) is 83.8 Å². The molecule has 2 fully saturated rings. The van der Waals surface area contributed by atoms with Gasteiger partial charge in [0.15, 0.2) is 0 Å². The topological polar surface area (TPSA) is 37.0 Å². The molecule has 4 aromatic rings. The van der Waals surface area contributed by atoms with Crippen molar-refractivity contribution in [1.82, 2.24) is 14.4 Å². The van der Waals surface area contributed by atoms with Crippen LogP contribution < -0.4 is 10.0 Å². The summed E-state index contributed by atoms with van der Waals surface area (Å²) in [5, 5.41) is 5.48. The van der Waals surface area contributed by atoms with Crippen molar-refractivity contribution in [1.29, 1.82) is 0 Å². The van der Waals surface area contributed by atoms with E-state index < -0.39 is 0 Å². The average Bonchev–Trinajstić information content (AvgIpc) is 3.61. The Morgan fingerprint density at radius 2 is 1.70 bits per heavy atom. The van der Waals surface area contributed by atoms with E-state index >= 15 is 0 Å². The van der Waals surface area contributed by atoms with Crippen LogP contribution in [-0.4, -0.2) is 23.0 Å². The van der Waals surface area contributed by atoms with Crippen molar-refractivity contribution in [2.75, 3.05) is 13.1 Å². The fourth-order valence-corrected chi connectivity index (χ4v) is 10.2. The lowest BCUT2D eigenvalue weighted by Gasteiger charge is -2.48. The number of nitrogens with one attached hydrogen (secondary N) is 2. The molecule has 0 saturated heterocycles. The van der Waals surface area contributed by atoms with Gasteiger partial charge in [-0.25, -0.2) is 0 Å². The Bertz CT molecular complexity index is 1480. The fourth-order valence-electron chi connectivity index (χ4n) is 8.51. The number of aryl methyl sites for hydroxylation is 1. The zero-order chi connectivity index (χ0) is 30.4. The van der Waals surface area contributed by atoms with Gasteiger partial charge in [-0.2, -0.15) is 4.37 Å². The van der Waals surface area contributed by atoms with Gasteiger partial charge in [-0.15, -0.1) is 0 Å². The smallest absolute Gasteiger partial charge is 0.0620 e. The number of aromatic nitrogens is 1. The maximum Gasteiger partial charge on any atom is 0.0620 e. The van der Waals surface area contributed by atoms with Crippen LogP contribution in [0.4, 0.5) is 0 Å². The Morgan fingerprint density at radius 1 is 0.932 bits per heavy atom. The lowest BCUT2D eigenvalue weighted by atomic mass is 9.65. The number of nitrogens with zero attached hydrogens (tertiary/aromatic N) is 1. The molecule has 0 bridgehead atoms. The van der Waals surface area contributed by atoms with E-state index in [4.69, 9.17) is 4.37 Å². The van der Waals surface area contributed by atoms with Crippen molar-refractivity contribution in [3.63, 3.8) is 0 Å². The fraction of sp³-hybridized carbons (Fsp3) is 0.513. The lowest BCUT2D eigenvalue weighted by molar-refractivity contribution is 0.0865. The van der Waals surface area contributed by atoms with Gasteiger partial charge in [0.2, 0.25) is 0 Å². The number of hydrogen-bond acceptors (Lipinski definition) is 5. The largest absolute Gasteiger partial charge is 0.311 e. The number of rotatable bonds is 13. The first-order valence-electron chi connectivity index (χ1n) is 17.1. The molecule has 2 aliphatic carbocycles. The molecule has 2 N–H and O–H groups in total. The van der Waals surface area contributed by atoms with Crippen LogP contribution in [0.5, 0.6) is 0 Å². The molecule has 3 atom stereocenters. The van der Waals surface area contributed by atoms with Crippen LogP contribution in [0.3, 0.4) is 0 Å². The molecule has 2 saturated carbocycles. The molecule has 5 heteroatoms. The van der Waals surface area contributed by atoms with E-state index in [-0.39, 0.29) is 11.0 Å². The summed E-state index contributed by atoms with van der Waals surface area (Å²) >= 11 is 3.47. The van der Waals surface area contributed by atoms with E-state index in [2.05, 4.69) is 110 Å². The van der Waals surface area contributed by atoms with Gasteiger partial charge in [0.25, 0.3) is 0 Å². The zero-order valence-corrected chi connectivity index (χ0v) is 28.6. The molecule has 1 aromatic heterocycles. The highest BCUT2D eigenvalue weighted by molar-refractivity contribution is 7.97. The Balaban J connectivity index is 1.02. The molecule has 0 amide bonds. The number of fused-ring (bicyclic) bond motifs is 1. The minimum absolute atomic E-state index is 0.211. The quantitative estimate of drug-likeness (QED) is 0.145. The summed E-state index contributed by atoms with van der Waals surface area (Å²) in [7, 11) is 0. The first-order chi connectivity index (χ1) is 21.5. The van der Waals surface area contributed by atoms with Crippen LogP contribution in [0, 0.1) is 23.2 Å². The maximum atomic E-state index is 4.80. The molecule has 0 radical (unpaired) electrons. The second kappa shape index (κ2) is 14.5. The molecule has 3 unspecified atom stereocenters. The van der Waals surface area contributed by atoms with Crippen molar-refractivity contribution in [2.24, 2.45) is 23.2 Å². The van der Waals surface area contributed by atoms with Crippen LogP contribution in [0.1, 0.15) is 84.3 Å². The predicted molar refractivity (Wildman–Crippen MR) is 191 cm³/mol. The number of hydrogen-bond donors (Lipinski definition) is 2. The van der Waals surface area contributed by atoms with Crippen molar-refractivity contribution >= 4 is 33.6 Å². The Kier molecular flexibility index (Phi) is 10.5. The van der Waals surface area contributed by atoms with Crippen LogP contribution >= 0.6 is 23.5 Å². The first-order valence-corrected chi connectivity index (χ1v) is 18.7. The molecule has 6 rings (SSSR count). The van der Waals surface area contributed by atoms with Crippen molar-refractivity contribution in [3.05, 3.63) is 84.6 Å². The van der Waals surface area contributed by atoms with E-state index in [0.29, 0.717) is 0 Å². The molecular weight excluding hydrogens is 575 g/mol. The van der Waals surface area contributed by atoms with Gasteiger partial charge in [-0.05, 0) is 127 Å². The SMILES string of the molecule is CCNC1(CC(C)C2CCC(CCc3nsc4ccccc34)CC2)CCCC1(C)CNSc1cccc(-c2ccccc2)c1. The normalized spacial score (nSPS) is 26.2.